The van der Waals surface area contributed by atoms with E-state index in [4.69, 9.17) is 17.0 Å². The molecule has 0 atom stereocenters. The van der Waals surface area contributed by atoms with Crippen LogP contribution in [0.15, 0.2) is 73.3 Å². The Hall–Kier alpha value is -4.22. The van der Waals surface area contributed by atoms with Crippen LogP contribution in [0.25, 0.3) is 20.8 Å². The SMILES string of the molecule is CCn1cnc(-c2cc3nccc(Oc4ccc(NC(=S)NC(=O)Cc5ccccc5F)cc4F)c3s2)c1. The van der Waals surface area contributed by atoms with Crippen molar-refractivity contribution < 1.29 is 18.3 Å². The molecule has 0 bridgehead atoms. The van der Waals surface area contributed by atoms with Crippen LogP contribution in [0.5, 0.6) is 11.5 Å². The summed E-state index contributed by atoms with van der Waals surface area (Å²) in [4.78, 5) is 22.0. The number of nitrogens with one attached hydrogen (secondary N) is 2. The average Bonchev–Trinajstić information content (AvgIpc) is 3.54. The summed E-state index contributed by atoms with van der Waals surface area (Å²) in [6, 6.07) is 13.8. The number of halogens is 2. The average molecular weight is 550 g/mol. The summed E-state index contributed by atoms with van der Waals surface area (Å²) in [5.74, 6) is -1.11. The molecule has 1 amide bonds. The number of imidazole rings is 1. The van der Waals surface area contributed by atoms with Crippen LogP contribution in [0.2, 0.25) is 0 Å². The van der Waals surface area contributed by atoms with Crippen molar-refractivity contribution in [3.8, 4) is 22.1 Å². The molecule has 5 aromatic rings. The van der Waals surface area contributed by atoms with Gasteiger partial charge in [0.1, 0.15) is 11.6 Å². The van der Waals surface area contributed by atoms with Gasteiger partial charge in [0.25, 0.3) is 0 Å². The van der Waals surface area contributed by atoms with E-state index >= 15 is 0 Å². The number of benzene rings is 2. The molecule has 5 rings (SSSR count). The fourth-order valence-electron chi connectivity index (χ4n) is 3.71. The molecule has 192 valence electrons. The van der Waals surface area contributed by atoms with Crippen LogP contribution in [0.3, 0.4) is 0 Å². The molecule has 3 aromatic heterocycles. The molecule has 2 N–H and O–H groups in total. The molecule has 11 heteroatoms. The number of carbonyl (C=O) groups is 1. The number of nitrogens with zero attached hydrogens (tertiary/aromatic N) is 3. The number of thiophene rings is 1. The lowest BCUT2D eigenvalue weighted by Gasteiger charge is -2.12. The lowest BCUT2D eigenvalue weighted by Crippen LogP contribution is -2.35. The van der Waals surface area contributed by atoms with Crippen molar-refractivity contribution in [3.63, 3.8) is 0 Å². The Labute approximate surface area is 226 Å². The third-order valence-electron chi connectivity index (χ3n) is 5.60. The highest BCUT2D eigenvalue weighted by atomic mass is 32.1. The fourth-order valence-corrected chi connectivity index (χ4v) is 4.97. The van der Waals surface area contributed by atoms with Gasteiger partial charge >= 0.3 is 0 Å². The van der Waals surface area contributed by atoms with E-state index in [2.05, 4.69) is 20.6 Å². The molecule has 7 nitrogen and oxygen atoms in total. The number of hydrogen-bond donors (Lipinski definition) is 2. The summed E-state index contributed by atoms with van der Waals surface area (Å²) in [6.45, 7) is 2.86. The topological polar surface area (TPSA) is 81.1 Å². The number of ether oxygens (including phenoxy) is 1. The highest BCUT2D eigenvalue weighted by Crippen LogP contribution is 2.39. The van der Waals surface area contributed by atoms with Gasteiger partial charge < -0.3 is 19.9 Å². The number of pyridine rings is 1. The Bertz CT molecular complexity index is 1650. The van der Waals surface area contributed by atoms with E-state index in [9.17, 15) is 13.6 Å². The smallest absolute Gasteiger partial charge is 0.230 e. The van der Waals surface area contributed by atoms with E-state index < -0.39 is 17.5 Å². The predicted molar refractivity (Wildman–Crippen MR) is 147 cm³/mol. The van der Waals surface area contributed by atoms with Crippen LogP contribution in [-0.4, -0.2) is 25.6 Å². The zero-order valence-corrected chi connectivity index (χ0v) is 21.7. The standard InChI is InChI=1S/C27H21F2N5O2S2/c1-2-34-14-21(31-15-34)24-13-20-26(38-24)23(9-10-30-20)36-22-8-7-17(12-19(22)29)32-27(37)33-25(35)11-16-5-3-4-6-18(16)28/h3-10,12-15H,2,11H2,1H3,(H2,32,33,35,37). The second kappa shape index (κ2) is 11.0. The van der Waals surface area contributed by atoms with Gasteiger partial charge in [-0.05, 0) is 49.0 Å². The van der Waals surface area contributed by atoms with Crippen molar-refractivity contribution in [2.75, 3.05) is 5.32 Å². The van der Waals surface area contributed by atoms with Crippen LogP contribution in [0, 0.1) is 11.6 Å². The first-order chi connectivity index (χ1) is 18.4. The molecule has 38 heavy (non-hydrogen) atoms. The number of fused-ring (bicyclic) bond motifs is 1. The number of carbonyl (C=O) groups excluding carboxylic acids is 1. The first-order valence-corrected chi connectivity index (χ1v) is 12.8. The number of aryl methyl sites for hydroxylation is 1. The summed E-state index contributed by atoms with van der Waals surface area (Å²) < 4.78 is 37.4. The van der Waals surface area contributed by atoms with E-state index in [0.717, 1.165) is 27.3 Å². The minimum atomic E-state index is -0.626. The van der Waals surface area contributed by atoms with Crippen molar-refractivity contribution in [1.29, 1.82) is 0 Å². The number of amides is 1. The zero-order valence-electron chi connectivity index (χ0n) is 20.1. The quantitative estimate of drug-likeness (QED) is 0.232. The molecule has 0 saturated heterocycles. The maximum atomic E-state index is 14.9. The van der Waals surface area contributed by atoms with Crippen molar-refractivity contribution in [3.05, 3.63) is 90.5 Å². The number of thiocarbonyl (C=S) groups is 1. The molecule has 2 aromatic carbocycles. The molecule has 0 fully saturated rings. The van der Waals surface area contributed by atoms with Crippen molar-refractivity contribution in [2.24, 2.45) is 0 Å². The van der Waals surface area contributed by atoms with E-state index in [1.807, 2.05) is 23.8 Å². The normalized spacial score (nSPS) is 10.9. The summed E-state index contributed by atoms with van der Waals surface area (Å²) >= 11 is 6.61. The van der Waals surface area contributed by atoms with Crippen molar-refractivity contribution in [2.45, 2.75) is 19.9 Å². The van der Waals surface area contributed by atoms with E-state index in [-0.39, 0.29) is 22.8 Å². The van der Waals surface area contributed by atoms with Crippen LogP contribution in [-0.2, 0) is 17.8 Å². The third kappa shape index (κ3) is 5.68. The van der Waals surface area contributed by atoms with Crippen LogP contribution in [0.1, 0.15) is 12.5 Å². The highest BCUT2D eigenvalue weighted by molar-refractivity contribution is 7.80. The summed E-state index contributed by atoms with van der Waals surface area (Å²) in [5, 5.41) is 5.19. The molecule has 0 unspecified atom stereocenters. The van der Waals surface area contributed by atoms with Gasteiger partial charge in [-0.25, -0.2) is 13.8 Å². The minimum absolute atomic E-state index is 0.0165. The second-order valence-electron chi connectivity index (χ2n) is 8.24. The lowest BCUT2D eigenvalue weighted by molar-refractivity contribution is -0.119. The van der Waals surface area contributed by atoms with Gasteiger partial charge in [0, 0.05) is 36.8 Å². The van der Waals surface area contributed by atoms with Gasteiger partial charge in [-0.1, -0.05) is 18.2 Å². The fraction of sp³-hybridized carbons (Fsp3) is 0.111. The molecule has 3 heterocycles. The molecule has 0 saturated carbocycles. The molecular weight excluding hydrogens is 528 g/mol. The summed E-state index contributed by atoms with van der Waals surface area (Å²) in [6.07, 6.45) is 5.16. The van der Waals surface area contributed by atoms with Gasteiger partial charge in [0.05, 0.1) is 33.5 Å². The summed E-state index contributed by atoms with van der Waals surface area (Å²) in [7, 11) is 0. The van der Waals surface area contributed by atoms with Crippen molar-refractivity contribution in [1.82, 2.24) is 19.9 Å². The van der Waals surface area contributed by atoms with Crippen LogP contribution < -0.4 is 15.4 Å². The number of hydrogen-bond acceptors (Lipinski definition) is 6. The van der Waals surface area contributed by atoms with Gasteiger partial charge in [-0.2, -0.15) is 0 Å². The Kier molecular flexibility index (Phi) is 7.38. The molecule has 0 aliphatic rings. The minimum Gasteiger partial charge on any atom is -0.453 e. The Morgan fingerprint density at radius 2 is 1.92 bits per heavy atom. The van der Waals surface area contributed by atoms with E-state index in [0.29, 0.717) is 11.4 Å². The molecular formula is C27H21F2N5O2S2. The van der Waals surface area contributed by atoms with Crippen molar-refractivity contribution >= 4 is 50.5 Å². The maximum absolute atomic E-state index is 14.9. The molecule has 0 radical (unpaired) electrons. The molecule has 0 aliphatic carbocycles. The predicted octanol–water partition coefficient (Wildman–Crippen LogP) is 6.31. The van der Waals surface area contributed by atoms with Gasteiger partial charge in [0.2, 0.25) is 5.91 Å². The third-order valence-corrected chi connectivity index (χ3v) is 6.96. The number of anilines is 1. The Balaban J connectivity index is 1.26. The maximum Gasteiger partial charge on any atom is 0.230 e. The molecule has 0 spiro atoms. The second-order valence-corrected chi connectivity index (χ2v) is 9.70. The van der Waals surface area contributed by atoms with Crippen LogP contribution >= 0.6 is 23.6 Å². The van der Waals surface area contributed by atoms with Gasteiger partial charge in [-0.15, -0.1) is 11.3 Å². The Morgan fingerprint density at radius 1 is 1.08 bits per heavy atom. The van der Waals surface area contributed by atoms with E-state index in [1.54, 1.807) is 36.8 Å². The zero-order chi connectivity index (χ0) is 26.6. The number of aromatic nitrogens is 3. The first kappa shape index (κ1) is 25.4. The largest absolute Gasteiger partial charge is 0.453 e. The van der Waals surface area contributed by atoms with Crippen LogP contribution in [0.4, 0.5) is 14.5 Å². The number of rotatable bonds is 7. The van der Waals surface area contributed by atoms with Gasteiger partial charge in [0.15, 0.2) is 16.7 Å². The highest BCUT2D eigenvalue weighted by Gasteiger charge is 2.15. The van der Waals surface area contributed by atoms with Gasteiger partial charge in [-0.3, -0.25) is 9.78 Å². The first-order valence-electron chi connectivity index (χ1n) is 11.6. The summed E-state index contributed by atoms with van der Waals surface area (Å²) in [5.41, 5.74) is 2.12. The molecule has 0 aliphatic heterocycles. The van der Waals surface area contributed by atoms with E-state index in [1.165, 1.54) is 35.6 Å². The lowest BCUT2D eigenvalue weighted by atomic mass is 10.1. The monoisotopic (exact) mass is 549 g/mol. The Morgan fingerprint density at radius 3 is 2.68 bits per heavy atom.